The lowest BCUT2D eigenvalue weighted by Crippen LogP contribution is -2.26. The second-order valence-electron chi connectivity index (χ2n) is 3.60. The molecular formula is C11H12ClN3S. The minimum Gasteiger partial charge on any atom is -0.356 e. The van der Waals surface area contributed by atoms with E-state index in [1.54, 1.807) is 6.07 Å². The monoisotopic (exact) mass is 253 g/mol. The van der Waals surface area contributed by atoms with Crippen LogP contribution in [0.1, 0.15) is 12.0 Å². The molecule has 3 nitrogen and oxygen atoms in total. The van der Waals surface area contributed by atoms with Crippen LogP contribution in [0.4, 0.5) is 5.82 Å². The lowest BCUT2D eigenvalue weighted by molar-refractivity contribution is 0.801. The van der Waals surface area contributed by atoms with E-state index in [2.05, 4.69) is 16.0 Å². The molecule has 2 heterocycles. The van der Waals surface area contributed by atoms with E-state index in [9.17, 15) is 0 Å². The summed E-state index contributed by atoms with van der Waals surface area (Å²) < 4.78 is 0. The van der Waals surface area contributed by atoms with Crippen LogP contribution in [0.2, 0.25) is 5.15 Å². The fourth-order valence-electron chi connectivity index (χ4n) is 1.68. The van der Waals surface area contributed by atoms with E-state index in [0.29, 0.717) is 10.7 Å². The van der Waals surface area contributed by atoms with Gasteiger partial charge < -0.3 is 4.90 Å². The third-order valence-corrected chi connectivity index (χ3v) is 3.70. The van der Waals surface area contributed by atoms with Crippen molar-refractivity contribution in [3.05, 3.63) is 22.8 Å². The molecule has 0 N–H and O–H groups in total. The van der Waals surface area contributed by atoms with Gasteiger partial charge in [0.05, 0.1) is 11.6 Å². The summed E-state index contributed by atoms with van der Waals surface area (Å²) in [5.41, 5.74) is 0.576. The highest BCUT2D eigenvalue weighted by Crippen LogP contribution is 2.20. The van der Waals surface area contributed by atoms with Gasteiger partial charge in [0.2, 0.25) is 0 Å². The number of anilines is 1. The van der Waals surface area contributed by atoms with Crippen molar-refractivity contribution in [2.45, 2.75) is 6.42 Å². The zero-order valence-corrected chi connectivity index (χ0v) is 10.4. The van der Waals surface area contributed by atoms with E-state index in [0.717, 1.165) is 31.1 Å². The molecule has 16 heavy (non-hydrogen) atoms. The first-order valence-corrected chi connectivity index (χ1v) is 6.73. The quantitative estimate of drug-likeness (QED) is 0.722. The van der Waals surface area contributed by atoms with Crippen LogP contribution in [0.5, 0.6) is 0 Å². The van der Waals surface area contributed by atoms with Crippen molar-refractivity contribution in [1.82, 2.24) is 4.98 Å². The van der Waals surface area contributed by atoms with Gasteiger partial charge in [-0.05, 0) is 24.3 Å². The molecule has 1 saturated heterocycles. The Balaban J connectivity index is 2.24. The van der Waals surface area contributed by atoms with Gasteiger partial charge >= 0.3 is 0 Å². The summed E-state index contributed by atoms with van der Waals surface area (Å²) >= 11 is 7.86. The van der Waals surface area contributed by atoms with Crippen LogP contribution in [0.15, 0.2) is 12.1 Å². The Morgan fingerprint density at radius 1 is 1.38 bits per heavy atom. The van der Waals surface area contributed by atoms with Crippen molar-refractivity contribution in [3.8, 4) is 6.07 Å². The zero-order chi connectivity index (χ0) is 11.4. The predicted octanol–water partition coefficient (Wildman–Crippen LogP) is 2.55. The average Bonchev–Trinajstić information content (AvgIpc) is 2.56. The summed E-state index contributed by atoms with van der Waals surface area (Å²) in [4.78, 5) is 6.48. The molecule has 0 unspecified atom stereocenters. The summed E-state index contributed by atoms with van der Waals surface area (Å²) in [7, 11) is 0. The average molecular weight is 254 g/mol. The van der Waals surface area contributed by atoms with Gasteiger partial charge in [-0.1, -0.05) is 11.6 Å². The maximum Gasteiger partial charge on any atom is 0.132 e. The van der Waals surface area contributed by atoms with Gasteiger partial charge in [0.1, 0.15) is 11.0 Å². The third-order valence-electron chi connectivity index (χ3n) is 2.46. The topological polar surface area (TPSA) is 39.9 Å². The molecule has 0 bridgehead atoms. The van der Waals surface area contributed by atoms with Gasteiger partial charge in [-0.3, -0.25) is 0 Å². The van der Waals surface area contributed by atoms with Crippen LogP contribution in [0, 0.1) is 11.3 Å². The lowest BCUT2D eigenvalue weighted by atomic mass is 10.2. The lowest BCUT2D eigenvalue weighted by Gasteiger charge is -2.21. The molecule has 1 aliphatic heterocycles. The number of aromatic nitrogens is 1. The van der Waals surface area contributed by atoms with Gasteiger partial charge in [-0.25, -0.2) is 4.98 Å². The molecule has 0 atom stereocenters. The minimum atomic E-state index is 0.394. The Bertz CT molecular complexity index is 408. The van der Waals surface area contributed by atoms with Crippen LogP contribution in [-0.2, 0) is 0 Å². The number of nitriles is 1. The number of pyridine rings is 1. The van der Waals surface area contributed by atoms with Crippen LogP contribution < -0.4 is 4.90 Å². The van der Waals surface area contributed by atoms with E-state index < -0.39 is 0 Å². The molecule has 84 valence electrons. The molecule has 0 spiro atoms. The fourth-order valence-corrected chi connectivity index (χ4v) is 2.78. The Hall–Kier alpha value is -0.920. The third kappa shape index (κ3) is 2.81. The Morgan fingerprint density at radius 3 is 3.06 bits per heavy atom. The van der Waals surface area contributed by atoms with Crippen molar-refractivity contribution in [2.75, 3.05) is 29.5 Å². The summed E-state index contributed by atoms with van der Waals surface area (Å²) in [6.45, 7) is 1.97. The first kappa shape index (κ1) is 11.6. The van der Waals surface area contributed by atoms with Crippen LogP contribution in [-0.4, -0.2) is 29.6 Å². The summed E-state index contributed by atoms with van der Waals surface area (Å²) in [6, 6.07) is 5.51. The SMILES string of the molecule is N#Cc1cc(Cl)nc(N2CCCSCC2)c1. The van der Waals surface area contributed by atoms with E-state index in [1.165, 1.54) is 5.75 Å². The Kier molecular flexibility index (Phi) is 3.92. The van der Waals surface area contributed by atoms with Crippen molar-refractivity contribution < 1.29 is 0 Å². The molecule has 0 radical (unpaired) electrons. The van der Waals surface area contributed by atoms with Gasteiger partial charge in [0.15, 0.2) is 0 Å². The number of thioether (sulfide) groups is 1. The summed E-state index contributed by atoms with van der Waals surface area (Å²) in [5, 5.41) is 9.28. The number of hydrogen-bond donors (Lipinski definition) is 0. The number of hydrogen-bond acceptors (Lipinski definition) is 4. The van der Waals surface area contributed by atoms with Crippen LogP contribution >= 0.6 is 23.4 Å². The highest BCUT2D eigenvalue weighted by molar-refractivity contribution is 7.99. The largest absolute Gasteiger partial charge is 0.356 e. The molecule has 0 amide bonds. The molecule has 0 aliphatic carbocycles. The Morgan fingerprint density at radius 2 is 2.25 bits per heavy atom. The second-order valence-corrected chi connectivity index (χ2v) is 5.21. The van der Waals surface area contributed by atoms with Gasteiger partial charge in [-0.15, -0.1) is 0 Å². The molecule has 1 fully saturated rings. The summed E-state index contributed by atoms with van der Waals surface area (Å²) in [6.07, 6.45) is 1.15. The Labute approximate surface area is 104 Å². The van der Waals surface area contributed by atoms with E-state index in [-0.39, 0.29) is 0 Å². The smallest absolute Gasteiger partial charge is 0.132 e. The van der Waals surface area contributed by atoms with Crippen LogP contribution in [0.3, 0.4) is 0 Å². The normalized spacial score (nSPS) is 16.6. The standard InChI is InChI=1S/C11H12ClN3S/c12-10-6-9(8-13)7-11(14-10)15-2-1-4-16-5-3-15/h6-7H,1-5H2. The second kappa shape index (κ2) is 5.42. The van der Waals surface area contributed by atoms with Gasteiger partial charge in [0.25, 0.3) is 0 Å². The highest BCUT2D eigenvalue weighted by Gasteiger charge is 2.12. The van der Waals surface area contributed by atoms with E-state index in [1.807, 2.05) is 17.8 Å². The predicted molar refractivity (Wildman–Crippen MR) is 68.1 cm³/mol. The van der Waals surface area contributed by atoms with Crippen LogP contribution in [0.25, 0.3) is 0 Å². The molecular weight excluding hydrogens is 242 g/mol. The minimum absolute atomic E-state index is 0.394. The maximum atomic E-state index is 8.88. The first-order chi connectivity index (χ1) is 7.79. The molecule has 5 heteroatoms. The summed E-state index contributed by atoms with van der Waals surface area (Å²) in [5.74, 6) is 3.13. The number of rotatable bonds is 1. The van der Waals surface area contributed by atoms with E-state index >= 15 is 0 Å². The fraction of sp³-hybridized carbons (Fsp3) is 0.455. The number of halogens is 1. The van der Waals surface area contributed by atoms with Crippen molar-refractivity contribution in [2.24, 2.45) is 0 Å². The molecule has 1 aliphatic rings. The van der Waals surface area contributed by atoms with E-state index in [4.69, 9.17) is 16.9 Å². The maximum absolute atomic E-state index is 8.88. The zero-order valence-electron chi connectivity index (χ0n) is 8.82. The molecule has 1 aromatic rings. The van der Waals surface area contributed by atoms with Gasteiger partial charge in [-0.2, -0.15) is 17.0 Å². The first-order valence-electron chi connectivity index (χ1n) is 5.20. The molecule has 1 aromatic heterocycles. The molecule has 2 rings (SSSR count). The molecule has 0 aromatic carbocycles. The van der Waals surface area contributed by atoms with Crippen molar-refractivity contribution in [3.63, 3.8) is 0 Å². The number of nitrogens with zero attached hydrogens (tertiary/aromatic N) is 3. The molecule has 0 saturated carbocycles. The van der Waals surface area contributed by atoms with Crippen molar-refractivity contribution >= 4 is 29.2 Å². The van der Waals surface area contributed by atoms with Gasteiger partial charge in [0, 0.05) is 18.8 Å². The van der Waals surface area contributed by atoms with Crippen molar-refractivity contribution in [1.29, 1.82) is 5.26 Å². The highest BCUT2D eigenvalue weighted by atomic mass is 35.5.